The molecule has 5 rings (SSSR count). The van der Waals surface area contributed by atoms with E-state index in [1.165, 1.54) is 27.5 Å². The van der Waals surface area contributed by atoms with Crippen LogP contribution in [-0.4, -0.2) is 9.97 Å². The number of benzene rings is 3. The zero-order valence-corrected chi connectivity index (χ0v) is 14.5. The molecule has 124 valence electrons. The van der Waals surface area contributed by atoms with Crippen LogP contribution in [0.15, 0.2) is 84.9 Å². The van der Waals surface area contributed by atoms with Gasteiger partial charge in [0.25, 0.3) is 0 Å². The lowest BCUT2D eigenvalue weighted by Gasteiger charge is -2.09. The van der Waals surface area contributed by atoms with E-state index in [1.807, 2.05) is 6.07 Å². The van der Waals surface area contributed by atoms with Gasteiger partial charge in [-0.25, -0.2) is 4.98 Å². The first-order chi connectivity index (χ1) is 12.8. The zero-order chi connectivity index (χ0) is 17.5. The summed E-state index contributed by atoms with van der Waals surface area (Å²) in [5, 5.41) is 2.40. The third-order valence-corrected chi connectivity index (χ3v) is 4.90. The van der Waals surface area contributed by atoms with Crippen molar-refractivity contribution in [3.05, 3.63) is 90.5 Å². The highest BCUT2D eigenvalue weighted by Gasteiger charge is 2.14. The summed E-state index contributed by atoms with van der Waals surface area (Å²) < 4.78 is 0. The highest BCUT2D eigenvalue weighted by atomic mass is 14.9. The smallest absolute Gasteiger partial charge is 0.139 e. The van der Waals surface area contributed by atoms with Crippen LogP contribution in [0.25, 0.3) is 44.3 Å². The number of para-hydroxylation sites is 1. The molecule has 3 aromatic carbocycles. The summed E-state index contributed by atoms with van der Waals surface area (Å²) in [4.78, 5) is 8.43. The predicted octanol–water partition coefficient (Wildman–Crippen LogP) is 6.36. The average Bonchev–Trinajstić information content (AvgIpc) is 3.07. The topological polar surface area (TPSA) is 28.7 Å². The summed E-state index contributed by atoms with van der Waals surface area (Å²) in [6, 6.07) is 29.7. The largest absolute Gasteiger partial charge is 0.339 e. The number of aromatic amines is 1. The number of nitrogens with zero attached hydrogens (tertiary/aromatic N) is 1. The molecule has 0 saturated carbocycles. The number of fused-ring (bicyclic) bond motifs is 3. The molecule has 0 aliphatic carbocycles. The van der Waals surface area contributed by atoms with Crippen molar-refractivity contribution in [2.45, 2.75) is 6.92 Å². The molecule has 0 unspecified atom stereocenters. The second-order valence-electron chi connectivity index (χ2n) is 6.68. The van der Waals surface area contributed by atoms with Crippen LogP contribution in [0.3, 0.4) is 0 Å². The fourth-order valence-corrected chi connectivity index (χ4v) is 3.56. The summed E-state index contributed by atoms with van der Waals surface area (Å²) >= 11 is 0. The predicted molar refractivity (Wildman–Crippen MR) is 109 cm³/mol. The third-order valence-electron chi connectivity index (χ3n) is 4.90. The molecule has 2 nitrogen and oxygen atoms in total. The van der Waals surface area contributed by atoms with Gasteiger partial charge in [0.1, 0.15) is 5.65 Å². The van der Waals surface area contributed by atoms with Crippen molar-refractivity contribution in [2.75, 3.05) is 0 Å². The van der Waals surface area contributed by atoms with E-state index in [0.29, 0.717) is 0 Å². The van der Waals surface area contributed by atoms with Crippen LogP contribution in [0.5, 0.6) is 0 Å². The Morgan fingerprint density at radius 1 is 0.731 bits per heavy atom. The first-order valence-corrected chi connectivity index (χ1v) is 8.83. The SMILES string of the molecule is Cc1ccc(-c2cc(-c3ccccc3)nc3[nH]c4ccccc4c23)cc1. The van der Waals surface area contributed by atoms with Crippen LogP contribution in [0.4, 0.5) is 0 Å². The van der Waals surface area contributed by atoms with Crippen LogP contribution in [0, 0.1) is 6.92 Å². The standard InChI is InChI=1S/C24H18N2/c1-16-11-13-17(14-12-16)20-15-22(18-7-3-2-4-8-18)26-24-23(20)19-9-5-6-10-21(19)25-24/h2-15H,1H3,(H,25,26). The van der Waals surface area contributed by atoms with Crippen molar-refractivity contribution in [1.82, 2.24) is 9.97 Å². The molecule has 1 N–H and O–H groups in total. The Kier molecular flexibility index (Phi) is 3.36. The Morgan fingerprint density at radius 2 is 1.46 bits per heavy atom. The lowest BCUT2D eigenvalue weighted by atomic mass is 9.98. The minimum atomic E-state index is 0.933. The first kappa shape index (κ1) is 14.9. The molecule has 0 atom stereocenters. The molecule has 0 bridgehead atoms. The fraction of sp³-hybridized carbons (Fsp3) is 0.0417. The van der Waals surface area contributed by atoms with Gasteiger partial charge in [-0.05, 0) is 30.2 Å². The molecule has 5 aromatic rings. The van der Waals surface area contributed by atoms with Gasteiger partial charge < -0.3 is 4.98 Å². The Hall–Kier alpha value is -3.39. The van der Waals surface area contributed by atoms with E-state index in [1.54, 1.807) is 0 Å². The van der Waals surface area contributed by atoms with E-state index in [0.717, 1.165) is 22.4 Å². The fourth-order valence-electron chi connectivity index (χ4n) is 3.56. The van der Waals surface area contributed by atoms with E-state index in [-0.39, 0.29) is 0 Å². The van der Waals surface area contributed by atoms with Crippen molar-refractivity contribution in [3.8, 4) is 22.4 Å². The zero-order valence-electron chi connectivity index (χ0n) is 14.5. The molecule has 0 aliphatic heterocycles. The molecule has 2 heteroatoms. The molecule has 2 heterocycles. The van der Waals surface area contributed by atoms with Gasteiger partial charge in [-0.1, -0.05) is 78.4 Å². The van der Waals surface area contributed by atoms with Crippen molar-refractivity contribution in [2.24, 2.45) is 0 Å². The van der Waals surface area contributed by atoms with Crippen molar-refractivity contribution < 1.29 is 0 Å². The van der Waals surface area contributed by atoms with Gasteiger partial charge in [0.2, 0.25) is 0 Å². The minimum absolute atomic E-state index is 0.933. The van der Waals surface area contributed by atoms with E-state index < -0.39 is 0 Å². The Balaban J connectivity index is 1.88. The Labute approximate surface area is 152 Å². The molecule has 0 saturated heterocycles. The summed E-state index contributed by atoms with van der Waals surface area (Å²) in [5.41, 5.74) is 7.86. The lowest BCUT2D eigenvalue weighted by Crippen LogP contribution is -1.89. The first-order valence-electron chi connectivity index (χ1n) is 8.83. The number of aryl methyl sites for hydroxylation is 1. The molecule has 26 heavy (non-hydrogen) atoms. The number of H-pyrrole nitrogens is 1. The van der Waals surface area contributed by atoms with E-state index in [4.69, 9.17) is 4.98 Å². The second kappa shape index (κ2) is 5.85. The maximum atomic E-state index is 4.93. The minimum Gasteiger partial charge on any atom is -0.339 e. The van der Waals surface area contributed by atoms with E-state index in [9.17, 15) is 0 Å². The van der Waals surface area contributed by atoms with Gasteiger partial charge in [-0.3, -0.25) is 0 Å². The number of nitrogens with one attached hydrogen (secondary N) is 1. The maximum absolute atomic E-state index is 4.93. The summed E-state index contributed by atoms with van der Waals surface area (Å²) in [6.45, 7) is 2.12. The van der Waals surface area contributed by atoms with E-state index >= 15 is 0 Å². The van der Waals surface area contributed by atoms with Crippen molar-refractivity contribution >= 4 is 21.9 Å². The highest BCUT2D eigenvalue weighted by Crippen LogP contribution is 2.36. The number of aromatic nitrogens is 2. The quantitative estimate of drug-likeness (QED) is 0.400. The van der Waals surface area contributed by atoms with Gasteiger partial charge >= 0.3 is 0 Å². The summed E-state index contributed by atoms with van der Waals surface area (Å²) in [7, 11) is 0. The molecule has 0 aliphatic rings. The summed E-state index contributed by atoms with van der Waals surface area (Å²) in [6.07, 6.45) is 0. The lowest BCUT2D eigenvalue weighted by molar-refractivity contribution is 1.34. The van der Waals surface area contributed by atoms with E-state index in [2.05, 4.69) is 90.8 Å². The number of rotatable bonds is 2. The third kappa shape index (κ3) is 2.39. The molecule has 0 spiro atoms. The van der Waals surface area contributed by atoms with Crippen LogP contribution >= 0.6 is 0 Å². The van der Waals surface area contributed by atoms with Gasteiger partial charge in [-0.15, -0.1) is 0 Å². The Morgan fingerprint density at radius 3 is 2.27 bits per heavy atom. The summed E-state index contributed by atoms with van der Waals surface area (Å²) in [5.74, 6) is 0. The van der Waals surface area contributed by atoms with Crippen LogP contribution in [0.1, 0.15) is 5.56 Å². The molecular weight excluding hydrogens is 316 g/mol. The Bertz CT molecular complexity index is 1220. The van der Waals surface area contributed by atoms with Gasteiger partial charge in [0, 0.05) is 21.9 Å². The van der Waals surface area contributed by atoms with Crippen molar-refractivity contribution in [3.63, 3.8) is 0 Å². The molecular formula is C24H18N2. The molecule has 2 aromatic heterocycles. The number of hydrogen-bond acceptors (Lipinski definition) is 1. The highest BCUT2D eigenvalue weighted by molar-refractivity contribution is 6.13. The molecule has 0 radical (unpaired) electrons. The van der Waals surface area contributed by atoms with Crippen molar-refractivity contribution in [1.29, 1.82) is 0 Å². The maximum Gasteiger partial charge on any atom is 0.139 e. The monoisotopic (exact) mass is 334 g/mol. The second-order valence-corrected chi connectivity index (χ2v) is 6.68. The van der Waals surface area contributed by atoms with Gasteiger partial charge in [0.05, 0.1) is 5.69 Å². The van der Waals surface area contributed by atoms with Crippen LogP contribution < -0.4 is 0 Å². The van der Waals surface area contributed by atoms with Crippen LogP contribution in [-0.2, 0) is 0 Å². The van der Waals surface area contributed by atoms with Gasteiger partial charge in [-0.2, -0.15) is 0 Å². The average molecular weight is 334 g/mol. The number of hydrogen-bond donors (Lipinski definition) is 1. The normalized spacial score (nSPS) is 11.3. The molecule has 0 fully saturated rings. The van der Waals surface area contributed by atoms with Gasteiger partial charge in [0.15, 0.2) is 0 Å². The molecule has 0 amide bonds. The van der Waals surface area contributed by atoms with Crippen LogP contribution in [0.2, 0.25) is 0 Å². The number of pyridine rings is 1.